The van der Waals surface area contributed by atoms with Gasteiger partial charge in [-0.15, -0.1) is 12.3 Å². The number of nitrogens with one attached hydrogen (secondary N) is 2. The van der Waals surface area contributed by atoms with E-state index in [1.54, 1.807) is 0 Å². The lowest BCUT2D eigenvalue weighted by Gasteiger charge is -2.45. The Bertz CT molecular complexity index is 630. The molecule has 0 unspecified atom stereocenters. The molecule has 0 spiro atoms. The standard InChI is InChI=1S/C18H26N2O8/c1-6-7-8-19-18-15(20-10(2)21)17(27-13(5)24)16(26-12(4)23)14(28-18)9-25-11(3)22/h1,14-19H,7-9H2,2-5H3,(H,20,21)/t14-,15-,16+,17-,18-/m1/s1. The Kier molecular flexibility index (Phi) is 9.41. The average Bonchev–Trinajstić information content (AvgIpc) is 2.57. The first-order valence-corrected chi connectivity index (χ1v) is 8.73. The number of ether oxygens (including phenoxy) is 4. The van der Waals surface area contributed by atoms with Crippen LogP contribution in [0.5, 0.6) is 0 Å². The lowest BCUT2D eigenvalue weighted by molar-refractivity contribution is -0.228. The fraction of sp³-hybridized carbons (Fsp3) is 0.667. The molecule has 0 radical (unpaired) electrons. The van der Waals surface area contributed by atoms with Crippen LogP contribution in [-0.2, 0) is 38.1 Å². The maximum absolute atomic E-state index is 11.7. The predicted octanol–water partition coefficient (Wildman–Crippen LogP) is -0.745. The number of carbonyl (C=O) groups is 4. The van der Waals surface area contributed by atoms with Crippen molar-refractivity contribution < 1.29 is 38.1 Å². The minimum Gasteiger partial charge on any atom is -0.463 e. The van der Waals surface area contributed by atoms with Gasteiger partial charge in [0.05, 0.1) is 0 Å². The van der Waals surface area contributed by atoms with Crippen LogP contribution < -0.4 is 10.6 Å². The third kappa shape index (κ3) is 7.54. The summed E-state index contributed by atoms with van der Waals surface area (Å²) in [6.07, 6.45) is 1.67. The second-order valence-electron chi connectivity index (χ2n) is 6.18. The number of hydrogen-bond acceptors (Lipinski definition) is 9. The maximum atomic E-state index is 11.7. The Labute approximate surface area is 163 Å². The van der Waals surface area contributed by atoms with Crippen molar-refractivity contribution >= 4 is 23.8 Å². The lowest BCUT2D eigenvalue weighted by Crippen LogP contribution is -2.69. The summed E-state index contributed by atoms with van der Waals surface area (Å²) in [4.78, 5) is 46.2. The summed E-state index contributed by atoms with van der Waals surface area (Å²) in [7, 11) is 0. The molecule has 10 nitrogen and oxygen atoms in total. The lowest BCUT2D eigenvalue weighted by atomic mass is 9.95. The van der Waals surface area contributed by atoms with Crippen LogP contribution in [0.1, 0.15) is 34.1 Å². The van der Waals surface area contributed by atoms with Crippen LogP contribution >= 0.6 is 0 Å². The van der Waals surface area contributed by atoms with Crippen LogP contribution in [0.25, 0.3) is 0 Å². The molecule has 1 heterocycles. The largest absolute Gasteiger partial charge is 0.463 e. The fourth-order valence-electron chi connectivity index (χ4n) is 2.79. The highest BCUT2D eigenvalue weighted by Crippen LogP contribution is 2.26. The van der Waals surface area contributed by atoms with Crippen molar-refractivity contribution in [3.63, 3.8) is 0 Å². The van der Waals surface area contributed by atoms with Gasteiger partial charge in [0.15, 0.2) is 12.2 Å². The van der Waals surface area contributed by atoms with Gasteiger partial charge in [-0.3, -0.25) is 24.5 Å². The molecule has 156 valence electrons. The molecule has 1 saturated heterocycles. The van der Waals surface area contributed by atoms with E-state index >= 15 is 0 Å². The molecule has 28 heavy (non-hydrogen) atoms. The van der Waals surface area contributed by atoms with E-state index in [1.165, 1.54) is 27.7 Å². The molecule has 5 atom stereocenters. The first-order chi connectivity index (χ1) is 13.1. The molecule has 1 aliphatic rings. The van der Waals surface area contributed by atoms with E-state index in [4.69, 9.17) is 25.4 Å². The molecule has 2 N–H and O–H groups in total. The van der Waals surface area contributed by atoms with E-state index in [1.807, 2.05) is 0 Å². The van der Waals surface area contributed by atoms with Crippen LogP contribution in [0.4, 0.5) is 0 Å². The summed E-state index contributed by atoms with van der Waals surface area (Å²) in [5.74, 6) is 0.196. The number of amides is 1. The molecule has 1 aliphatic heterocycles. The number of hydrogen-bond donors (Lipinski definition) is 2. The van der Waals surface area contributed by atoms with Crippen LogP contribution in [0, 0.1) is 12.3 Å². The number of rotatable bonds is 8. The Morgan fingerprint density at radius 2 is 1.61 bits per heavy atom. The van der Waals surface area contributed by atoms with Crippen molar-refractivity contribution in [3.05, 3.63) is 0 Å². The van der Waals surface area contributed by atoms with E-state index in [-0.39, 0.29) is 6.61 Å². The van der Waals surface area contributed by atoms with Gasteiger partial charge in [0.1, 0.15) is 25.0 Å². The Morgan fingerprint density at radius 1 is 1.00 bits per heavy atom. The van der Waals surface area contributed by atoms with Gasteiger partial charge in [-0.25, -0.2) is 0 Å². The number of esters is 3. The molecule has 0 saturated carbocycles. The van der Waals surface area contributed by atoms with Gasteiger partial charge in [0.2, 0.25) is 5.91 Å². The monoisotopic (exact) mass is 398 g/mol. The highest BCUT2D eigenvalue weighted by molar-refractivity contribution is 5.73. The summed E-state index contributed by atoms with van der Waals surface area (Å²) >= 11 is 0. The molecule has 0 aromatic rings. The van der Waals surface area contributed by atoms with E-state index in [0.29, 0.717) is 13.0 Å². The van der Waals surface area contributed by atoms with Gasteiger partial charge in [-0.1, -0.05) is 0 Å². The predicted molar refractivity (Wildman–Crippen MR) is 95.5 cm³/mol. The van der Waals surface area contributed by atoms with Crippen molar-refractivity contribution in [1.82, 2.24) is 10.6 Å². The third-order valence-corrected chi connectivity index (χ3v) is 3.73. The summed E-state index contributed by atoms with van der Waals surface area (Å²) in [6, 6.07) is -0.878. The average molecular weight is 398 g/mol. The van der Waals surface area contributed by atoms with Crippen molar-refractivity contribution in [2.24, 2.45) is 0 Å². The zero-order valence-electron chi connectivity index (χ0n) is 16.4. The second kappa shape index (κ2) is 11.3. The molecule has 1 fully saturated rings. The second-order valence-corrected chi connectivity index (χ2v) is 6.18. The van der Waals surface area contributed by atoms with Crippen molar-refractivity contribution in [2.45, 2.75) is 64.7 Å². The molecular formula is C18H26N2O8. The molecule has 0 aromatic heterocycles. The van der Waals surface area contributed by atoms with E-state index in [9.17, 15) is 19.2 Å². The first-order valence-electron chi connectivity index (χ1n) is 8.73. The molecule has 0 aromatic carbocycles. The normalized spacial score (nSPS) is 26.5. The van der Waals surface area contributed by atoms with E-state index < -0.39 is 54.4 Å². The van der Waals surface area contributed by atoms with Crippen molar-refractivity contribution in [3.8, 4) is 12.3 Å². The van der Waals surface area contributed by atoms with Crippen molar-refractivity contribution in [1.29, 1.82) is 0 Å². The van der Waals surface area contributed by atoms with Crippen LogP contribution in [0.2, 0.25) is 0 Å². The summed E-state index contributed by atoms with van der Waals surface area (Å²) < 4.78 is 21.5. The van der Waals surface area contributed by atoms with E-state index in [2.05, 4.69) is 16.6 Å². The molecule has 0 bridgehead atoms. The van der Waals surface area contributed by atoms with E-state index in [0.717, 1.165) is 0 Å². The molecular weight excluding hydrogens is 372 g/mol. The zero-order valence-corrected chi connectivity index (χ0v) is 16.4. The first kappa shape index (κ1) is 23.4. The maximum Gasteiger partial charge on any atom is 0.303 e. The minimum absolute atomic E-state index is 0.245. The molecule has 1 amide bonds. The minimum atomic E-state index is -1.11. The molecule has 0 aliphatic carbocycles. The highest BCUT2D eigenvalue weighted by atomic mass is 16.6. The summed E-state index contributed by atoms with van der Waals surface area (Å²) in [6.45, 7) is 4.98. The molecule has 1 rings (SSSR count). The number of carbonyl (C=O) groups excluding carboxylic acids is 4. The third-order valence-electron chi connectivity index (χ3n) is 3.73. The topological polar surface area (TPSA) is 129 Å². The zero-order chi connectivity index (χ0) is 21.3. The molecule has 10 heteroatoms. The Morgan fingerprint density at radius 3 is 2.11 bits per heavy atom. The summed E-state index contributed by atoms with van der Waals surface area (Å²) in [5.41, 5.74) is 0. The quantitative estimate of drug-likeness (QED) is 0.235. The number of terminal acetylenes is 1. The van der Waals surface area contributed by atoms with Gasteiger partial charge in [0, 0.05) is 40.7 Å². The van der Waals surface area contributed by atoms with Gasteiger partial charge in [-0.05, 0) is 0 Å². The Balaban J connectivity index is 3.23. The van der Waals surface area contributed by atoms with Crippen molar-refractivity contribution in [2.75, 3.05) is 13.2 Å². The summed E-state index contributed by atoms with van der Waals surface area (Å²) in [5, 5.41) is 5.67. The van der Waals surface area contributed by atoms with Gasteiger partial charge in [0.25, 0.3) is 0 Å². The highest BCUT2D eigenvalue weighted by Gasteiger charge is 2.50. The smallest absolute Gasteiger partial charge is 0.303 e. The van der Waals surface area contributed by atoms with Gasteiger partial charge in [-0.2, -0.15) is 0 Å². The fourth-order valence-corrected chi connectivity index (χ4v) is 2.79. The van der Waals surface area contributed by atoms with Crippen LogP contribution in [0.15, 0.2) is 0 Å². The SMILES string of the molecule is C#CCCN[C@@H]1O[C@H](COC(C)=O)[C@H](OC(C)=O)[C@H](OC(C)=O)[C@H]1NC(C)=O. The van der Waals surface area contributed by atoms with Gasteiger partial charge < -0.3 is 24.3 Å². The van der Waals surface area contributed by atoms with Gasteiger partial charge >= 0.3 is 17.9 Å². The Hall–Kier alpha value is -2.64. The van der Waals surface area contributed by atoms with Crippen LogP contribution in [-0.4, -0.2) is 67.5 Å². The van der Waals surface area contributed by atoms with Crippen LogP contribution in [0.3, 0.4) is 0 Å².